The first kappa shape index (κ1) is 10.5. The third kappa shape index (κ3) is 3.59. The van der Waals surface area contributed by atoms with Gasteiger partial charge in [-0.25, -0.2) is 9.18 Å². The highest BCUT2D eigenvalue weighted by atomic mass is 19.1. The van der Waals surface area contributed by atoms with E-state index >= 15 is 0 Å². The van der Waals surface area contributed by atoms with E-state index in [4.69, 9.17) is 17.7 Å². The summed E-state index contributed by atoms with van der Waals surface area (Å²) in [6.07, 6.45) is -1.94. The maximum Gasteiger partial charge on any atom is 0.414 e. The van der Waals surface area contributed by atoms with Crippen LogP contribution in [0.2, 0.25) is 0 Å². The largest absolute Gasteiger partial charge is 0.442 e. The molecule has 0 bridgehead atoms. The van der Waals surface area contributed by atoms with Crippen molar-refractivity contribution in [2.75, 3.05) is 49.2 Å². The van der Waals surface area contributed by atoms with Gasteiger partial charge in [-0.3, -0.25) is 9.69 Å². The third-order valence-corrected chi connectivity index (χ3v) is 3.70. The molecule has 24 heavy (non-hydrogen) atoms. The lowest BCUT2D eigenvalue weighted by Gasteiger charge is -2.29. The van der Waals surface area contributed by atoms with E-state index in [0.717, 1.165) is 4.90 Å². The lowest BCUT2D eigenvalue weighted by Crippen LogP contribution is -2.36. The molecule has 2 heterocycles. The van der Waals surface area contributed by atoms with Crippen molar-refractivity contribution in [2.45, 2.75) is 13.0 Å². The minimum Gasteiger partial charge on any atom is -0.442 e. The smallest absolute Gasteiger partial charge is 0.414 e. The number of morpholine rings is 1. The minimum absolute atomic E-state index is 0.189. The van der Waals surface area contributed by atoms with Crippen molar-refractivity contribution in [2.24, 2.45) is 0 Å². The van der Waals surface area contributed by atoms with E-state index in [1.165, 1.54) is 4.90 Å². The second kappa shape index (κ2) is 7.04. The average molecular weight is 343 g/mol. The molecule has 2 saturated heterocycles. The number of halogens is 1. The summed E-state index contributed by atoms with van der Waals surface area (Å²) in [4.78, 5) is 26.1. The third-order valence-electron chi connectivity index (χ3n) is 3.70. The van der Waals surface area contributed by atoms with Crippen LogP contribution in [0.15, 0.2) is 18.1 Å². The number of cyclic esters (lactones) is 1. The zero-order chi connectivity index (χ0) is 22.2. The van der Waals surface area contributed by atoms with E-state index < -0.39 is 54.6 Å². The number of ether oxygens (including phenoxy) is 2. The summed E-state index contributed by atoms with van der Waals surface area (Å²) >= 11 is 0. The van der Waals surface area contributed by atoms with Crippen molar-refractivity contribution in [1.82, 2.24) is 5.32 Å². The number of benzene rings is 1. The second-order valence-electron chi connectivity index (χ2n) is 5.31. The van der Waals surface area contributed by atoms with E-state index in [2.05, 4.69) is 5.32 Å². The normalized spacial score (nSPS) is 25.0. The summed E-state index contributed by atoms with van der Waals surface area (Å²) in [5.41, 5.74) is -0.602. The van der Waals surface area contributed by atoms with Crippen LogP contribution in [-0.4, -0.2) is 57.5 Å². The summed E-state index contributed by atoms with van der Waals surface area (Å²) in [5.74, 6) is -2.24. The SMILES string of the molecule is [2H]c1c([2H])c(N2C[C@H](CNC(=O)C([2H])([2H])[2H])OC2=O)c([2H])c(F)c1N1CCOCC1. The van der Waals surface area contributed by atoms with E-state index in [1.54, 1.807) is 0 Å². The fourth-order valence-electron chi connectivity index (χ4n) is 2.52. The maximum atomic E-state index is 15.0. The Kier molecular flexibility index (Phi) is 3.08. The Morgan fingerprint density at radius 3 is 3.04 bits per heavy atom. The molecule has 0 aromatic heterocycles. The molecular formula is C16H20FN3O4. The molecule has 0 aliphatic carbocycles. The predicted molar refractivity (Wildman–Crippen MR) is 85.7 cm³/mol. The van der Waals surface area contributed by atoms with Gasteiger partial charge in [0.25, 0.3) is 0 Å². The van der Waals surface area contributed by atoms with E-state index in [-0.39, 0.29) is 18.8 Å². The number of nitrogens with one attached hydrogen (secondary N) is 1. The van der Waals surface area contributed by atoms with E-state index in [0.29, 0.717) is 26.3 Å². The Morgan fingerprint density at radius 2 is 2.29 bits per heavy atom. The molecule has 0 radical (unpaired) electrons. The topological polar surface area (TPSA) is 71.1 Å². The Hall–Kier alpha value is -2.35. The molecule has 7 nitrogen and oxygen atoms in total. The molecule has 1 atom stereocenters. The lowest BCUT2D eigenvalue weighted by atomic mass is 10.2. The van der Waals surface area contributed by atoms with Crippen LogP contribution < -0.4 is 15.1 Å². The van der Waals surface area contributed by atoms with Gasteiger partial charge in [0.1, 0.15) is 11.9 Å². The molecule has 0 spiro atoms. The molecule has 2 amide bonds. The first-order valence-electron chi connectivity index (χ1n) is 10.4. The number of carbonyl (C=O) groups is 2. The van der Waals surface area contributed by atoms with Gasteiger partial charge in [0, 0.05) is 24.1 Å². The van der Waals surface area contributed by atoms with Gasteiger partial charge >= 0.3 is 6.09 Å². The summed E-state index contributed by atoms with van der Waals surface area (Å²) < 4.78 is 70.8. The highest BCUT2D eigenvalue weighted by Gasteiger charge is 2.32. The molecular weight excluding hydrogens is 317 g/mol. The Bertz CT molecular complexity index is 833. The van der Waals surface area contributed by atoms with Crippen LogP contribution >= 0.6 is 0 Å². The number of nitrogens with zero attached hydrogens (tertiary/aromatic N) is 2. The number of anilines is 2. The first-order chi connectivity index (χ1) is 14.0. The molecule has 130 valence electrons. The Balaban J connectivity index is 1.83. The molecule has 3 rings (SSSR count). The zero-order valence-electron chi connectivity index (χ0n) is 18.7. The number of amides is 2. The molecule has 2 fully saturated rings. The average Bonchev–Trinajstić information content (AvgIpc) is 3.05. The van der Waals surface area contributed by atoms with Crippen molar-refractivity contribution in [3.8, 4) is 0 Å². The molecule has 2 aliphatic rings. The Labute approximate surface area is 147 Å². The molecule has 0 saturated carbocycles. The zero-order valence-corrected chi connectivity index (χ0v) is 12.7. The van der Waals surface area contributed by atoms with Crippen molar-refractivity contribution in [3.05, 3.63) is 23.9 Å². The van der Waals surface area contributed by atoms with Crippen LogP contribution in [0.4, 0.5) is 20.6 Å². The molecule has 1 N–H and O–H groups in total. The first-order valence-corrected chi connectivity index (χ1v) is 7.40. The van der Waals surface area contributed by atoms with Crippen LogP contribution in [0, 0.1) is 5.82 Å². The van der Waals surface area contributed by atoms with Crippen LogP contribution in [0.1, 0.15) is 15.1 Å². The molecule has 0 unspecified atom stereocenters. The fraction of sp³-hybridized carbons (Fsp3) is 0.500. The summed E-state index contributed by atoms with van der Waals surface area (Å²) in [6.45, 7) is -2.15. The van der Waals surface area contributed by atoms with Gasteiger partial charge in [0.05, 0.1) is 41.8 Å². The highest BCUT2D eigenvalue weighted by Crippen LogP contribution is 2.28. The number of rotatable bonds is 4. The summed E-state index contributed by atoms with van der Waals surface area (Å²) in [6, 6.07) is -1.69. The van der Waals surface area contributed by atoms with Gasteiger partial charge in [-0.15, -0.1) is 0 Å². The van der Waals surface area contributed by atoms with Gasteiger partial charge in [0.15, 0.2) is 0 Å². The van der Waals surface area contributed by atoms with Gasteiger partial charge in [0.2, 0.25) is 5.91 Å². The molecule has 2 aliphatic heterocycles. The van der Waals surface area contributed by atoms with Crippen LogP contribution in [0.25, 0.3) is 0 Å². The van der Waals surface area contributed by atoms with Gasteiger partial charge in [-0.1, -0.05) is 0 Å². The van der Waals surface area contributed by atoms with Gasteiger partial charge in [-0.05, 0) is 18.1 Å². The van der Waals surface area contributed by atoms with Crippen LogP contribution in [0.5, 0.6) is 0 Å². The fourth-order valence-corrected chi connectivity index (χ4v) is 2.52. The van der Waals surface area contributed by atoms with Crippen LogP contribution in [-0.2, 0) is 14.3 Å². The Morgan fingerprint density at radius 1 is 1.50 bits per heavy atom. The maximum absolute atomic E-state index is 15.0. The standard InChI is InChI=1S/C16H20FN3O4/c1-11(21)18-9-13-10-20(16(22)24-13)12-2-3-15(14(17)8-12)19-4-6-23-7-5-19/h2-3,8,13H,4-7,9-10H2,1H3,(H,18,21)/t13-/m0/s1/i1D3,2D,3D,8D. The summed E-state index contributed by atoms with van der Waals surface area (Å²) in [5, 5.41) is 2.13. The second-order valence-corrected chi connectivity index (χ2v) is 5.31. The minimum atomic E-state index is -2.86. The van der Waals surface area contributed by atoms with E-state index in [9.17, 15) is 14.0 Å². The van der Waals surface area contributed by atoms with Crippen molar-refractivity contribution < 1.29 is 31.7 Å². The molecule has 1 aromatic carbocycles. The number of hydrogen-bond acceptors (Lipinski definition) is 5. The molecule has 8 heteroatoms. The lowest BCUT2D eigenvalue weighted by molar-refractivity contribution is -0.119. The highest BCUT2D eigenvalue weighted by molar-refractivity contribution is 5.90. The monoisotopic (exact) mass is 343 g/mol. The number of carbonyl (C=O) groups excluding carboxylic acids is 2. The van der Waals surface area contributed by atoms with E-state index in [1.807, 2.05) is 0 Å². The summed E-state index contributed by atoms with van der Waals surface area (Å²) in [7, 11) is 0. The number of hydrogen-bond donors (Lipinski definition) is 1. The van der Waals surface area contributed by atoms with Gasteiger partial charge in [-0.2, -0.15) is 0 Å². The quantitative estimate of drug-likeness (QED) is 0.887. The van der Waals surface area contributed by atoms with Gasteiger partial charge < -0.3 is 19.7 Å². The van der Waals surface area contributed by atoms with Crippen molar-refractivity contribution in [1.29, 1.82) is 0 Å². The van der Waals surface area contributed by atoms with Crippen LogP contribution in [0.3, 0.4) is 0 Å². The van der Waals surface area contributed by atoms with Crippen molar-refractivity contribution >= 4 is 23.4 Å². The van der Waals surface area contributed by atoms with Crippen molar-refractivity contribution in [3.63, 3.8) is 0 Å². The molecule has 1 aromatic rings. The predicted octanol–water partition coefficient (Wildman–Crippen LogP) is 1.12.